The minimum absolute atomic E-state index is 0.134. The molecule has 0 spiro atoms. The third-order valence-corrected chi connectivity index (χ3v) is 4.21. The molecule has 1 aromatic carbocycles. The Labute approximate surface area is 120 Å². The van der Waals surface area contributed by atoms with Crippen molar-refractivity contribution >= 4 is 0 Å². The molecule has 0 aromatic heterocycles. The highest BCUT2D eigenvalue weighted by Crippen LogP contribution is 2.30. The van der Waals surface area contributed by atoms with E-state index < -0.39 is 5.60 Å². The zero-order valence-corrected chi connectivity index (χ0v) is 12.3. The van der Waals surface area contributed by atoms with Crippen molar-refractivity contribution in [1.29, 1.82) is 0 Å². The van der Waals surface area contributed by atoms with Crippen LogP contribution in [0.25, 0.3) is 0 Å². The maximum absolute atomic E-state index is 14.1. The Kier molecular flexibility index (Phi) is 4.78. The molecular weight excluding hydrogens is 255 g/mol. The molecule has 3 N–H and O–H groups in total. The SMILES string of the molecule is CC(N)C(c1ccccc1F)N1CCCC(C)(O)CC1. The van der Waals surface area contributed by atoms with Gasteiger partial charge in [-0.1, -0.05) is 18.2 Å². The Bertz CT molecular complexity index is 448. The van der Waals surface area contributed by atoms with Crippen molar-refractivity contribution in [1.82, 2.24) is 4.90 Å². The van der Waals surface area contributed by atoms with E-state index in [2.05, 4.69) is 4.90 Å². The van der Waals surface area contributed by atoms with Crippen LogP contribution in [0.5, 0.6) is 0 Å². The van der Waals surface area contributed by atoms with Gasteiger partial charge in [0.25, 0.3) is 0 Å². The van der Waals surface area contributed by atoms with Gasteiger partial charge in [-0.15, -0.1) is 0 Å². The first kappa shape index (κ1) is 15.4. The molecule has 1 aliphatic heterocycles. The Morgan fingerprint density at radius 2 is 2.00 bits per heavy atom. The average Bonchev–Trinajstić information content (AvgIpc) is 2.53. The lowest BCUT2D eigenvalue weighted by molar-refractivity contribution is 0.0423. The van der Waals surface area contributed by atoms with Crippen LogP contribution in [-0.4, -0.2) is 34.7 Å². The van der Waals surface area contributed by atoms with Gasteiger partial charge in [0.2, 0.25) is 0 Å². The average molecular weight is 280 g/mol. The van der Waals surface area contributed by atoms with Gasteiger partial charge < -0.3 is 10.8 Å². The quantitative estimate of drug-likeness (QED) is 0.894. The molecule has 1 saturated heterocycles. The van der Waals surface area contributed by atoms with Crippen molar-refractivity contribution in [2.24, 2.45) is 5.73 Å². The van der Waals surface area contributed by atoms with E-state index in [0.717, 1.165) is 25.9 Å². The topological polar surface area (TPSA) is 49.5 Å². The van der Waals surface area contributed by atoms with Crippen molar-refractivity contribution in [2.45, 2.75) is 50.8 Å². The number of hydrogen-bond acceptors (Lipinski definition) is 3. The fraction of sp³-hybridized carbons (Fsp3) is 0.625. The summed E-state index contributed by atoms with van der Waals surface area (Å²) in [7, 11) is 0. The minimum Gasteiger partial charge on any atom is -0.390 e. The summed E-state index contributed by atoms with van der Waals surface area (Å²) in [6.45, 7) is 5.38. The first-order chi connectivity index (χ1) is 9.41. The molecule has 2 rings (SSSR count). The lowest BCUT2D eigenvalue weighted by Crippen LogP contribution is -2.41. The van der Waals surface area contributed by atoms with Crippen LogP contribution in [-0.2, 0) is 0 Å². The predicted molar refractivity (Wildman–Crippen MR) is 78.8 cm³/mol. The lowest BCUT2D eigenvalue weighted by Gasteiger charge is -2.34. The van der Waals surface area contributed by atoms with Crippen LogP contribution in [0.2, 0.25) is 0 Å². The van der Waals surface area contributed by atoms with Crippen molar-refractivity contribution in [2.75, 3.05) is 13.1 Å². The lowest BCUT2D eigenvalue weighted by atomic mass is 9.97. The number of hydrogen-bond donors (Lipinski definition) is 2. The number of likely N-dealkylation sites (tertiary alicyclic amines) is 1. The van der Waals surface area contributed by atoms with Crippen LogP contribution in [0, 0.1) is 5.82 Å². The third-order valence-electron chi connectivity index (χ3n) is 4.21. The zero-order valence-electron chi connectivity index (χ0n) is 12.3. The molecule has 3 unspecified atom stereocenters. The molecule has 1 aliphatic rings. The van der Waals surface area contributed by atoms with E-state index in [9.17, 15) is 9.50 Å². The molecule has 0 saturated carbocycles. The Balaban J connectivity index is 2.23. The fourth-order valence-corrected chi connectivity index (χ4v) is 3.09. The Hall–Kier alpha value is -0.970. The molecule has 1 heterocycles. The molecule has 0 bridgehead atoms. The van der Waals surface area contributed by atoms with Crippen molar-refractivity contribution < 1.29 is 9.50 Å². The van der Waals surface area contributed by atoms with E-state index in [1.165, 1.54) is 6.07 Å². The molecule has 1 fully saturated rings. The molecule has 0 radical (unpaired) electrons. The summed E-state index contributed by atoms with van der Waals surface area (Å²) in [6, 6.07) is 6.55. The molecule has 1 aromatic rings. The highest BCUT2D eigenvalue weighted by atomic mass is 19.1. The molecule has 20 heavy (non-hydrogen) atoms. The molecular formula is C16H25FN2O. The van der Waals surface area contributed by atoms with Crippen LogP contribution >= 0.6 is 0 Å². The van der Waals surface area contributed by atoms with Gasteiger partial charge in [-0.05, 0) is 45.7 Å². The first-order valence-corrected chi connectivity index (χ1v) is 7.37. The normalized spacial score (nSPS) is 27.9. The predicted octanol–water partition coefficient (Wildman–Crippen LogP) is 2.45. The molecule has 3 atom stereocenters. The van der Waals surface area contributed by atoms with Crippen LogP contribution in [0.15, 0.2) is 24.3 Å². The highest BCUT2D eigenvalue weighted by molar-refractivity contribution is 5.23. The second-order valence-electron chi connectivity index (χ2n) is 6.21. The summed E-state index contributed by atoms with van der Waals surface area (Å²) in [5, 5.41) is 10.2. The van der Waals surface area contributed by atoms with E-state index in [4.69, 9.17) is 5.73 Å². The van der Waals surface area contributed by atoms with Crippen molar-refractivity contribution in [3.8, 4) is 0 Å². The summed E-state index contributed by atoms with van der Waals surface area (Å²) in [6.07, 6.45) is 2.39. The van der Waals surface area contributed by atoms with Gasteiger partial charge >= 0.3 is 0 Å². The second-order valence-corrected chi connectivity index (χ2v) is 6.21. The van der Waals surface area contributed by atoms with E-state index in [0.29, 0.717) is 12.0 Å². The summed E-state index contributed by atoms with van der Waals surface area (Å²) < 4.78 is 14.1. The van der Waals surface area contributed by atoms with Gasteiger partial charge in [0.15, 0.2) is 0 Å². The maximum atomic E-state index is 14.1. The van der Waals surface area contributed by atoms with E-state index in [1.807, 2.05) is 26.0 Å². The maximum Gasteiger partial charge on any atom is 0.128 e. The smallest absolute Gasteiger partial charge is 0.128 e. The molecule has 3 nitrogen and oxygen atoms in total. The standard InChI is InChI=1S/C16H25FN2O/c1-12(18)15(13-6-3-4-7-14(13)17)19-10-5-8-16(2,20)9-11-19/h3-4,6-7,12,15,20H,5,8-11,18H2,1-2H3. The number of nitrogens with zero attached hydrogens (tertiary/aromatic N) is 1. The molecule has 4 heteroatoms. The van der Waals surface area contributed by atoms with Crippen LogP contribution < -0.4 is 5.73 Å². The number of nitrogens with two attached hydrogens (primary N) is 1. The monoisotopic (exact) mass is 280 g/mol. The van der Waals surface area contributed by atoms with Crippen molar-refractivity contribution in [3.63, 3.8) is 0 Å². The van der Waals surface area contributed by atoms with Gasteiger partial charge in [0, 0.05) is 18.2 Å². The van der Waals surface area contributed by atoms with E-state index >= 15 is 0 Å². The zero-order chi connectivity index (χ0) is 14.8. The van der Waals surface area contributed by atoms with Crippen LogP contribution in [0.1, 0.15) is 44.7 Å². The van der Waals surface area contributed by atoms with Crippen LogP contribution in [0.4, 0.5) is 4.39 Å². The summed E-state index contributed by atoms with van der Waals surface area (Å²) in [4.78, 5) is 2.21. The van der Waals surface area contributed by atoms with Gasteiger partial charge in [0.1, 0.15) is 5.82 Å². The number of aliphatic hydroxyl groups is 1. The number of rotatable bonds is 3. The van der Waals surface area contributed by atoms with E-state index in [1.54, 1.807) is 6.07 Å². The Morgan fingerprint density at radius 1 is 1.30 bits per heavy atom. The van der Waals surface area contributed by atoms with Gasteiger partial charge in [0.05, 0.1) is 11.6 Å². The summed E-state index contributed by atoms with van der Waals surface area (Å²) in [5.74, 6) is -0.203. The fourth-order valence-electron chi connectivity index (χ4n) is 3.09. The minimum atomic E-state index is -0.619. The molecule has 112 valence electrons. The summed E-state index contributed by atoms with van der Waals surface area (Å²) in [5.41, 5.74) is 6.15. The Morgan fingerprint density at radius 3 is 2.65 bits per heavy atom. The van der Waals surface area contributed by atoms with Crippen molar-refractivity contribution in [3.05, 3.63) is 35.6 Å². The summed E-state index contributed by atoms with van der Waals surface area (Å²) >= 11 is 0. The number of benzene rings is 1. The number of halogens is 1. The van der Waals surface area contributed by atoms with E-state index in [-0.39, 0.29) is 17.9 Å². The van der Waals surface area contributed by atoms with Gasteiger partial charge in [-0.3, -0.25) is 4.90 Å². The highest BCUT2D eigenvalue weighted by Gasteiger charge is 2.31. The largest absolute Gasteiger partial charge is 0.390 e. The van der Waals surface area contributed by atoms with Gasteiger partial charge in [-0.25, -0.2) is 4.39 Å². The second kappa shape index (κ2) is 6.20. The molecule has 0 aliphatic carbocycles. The van der Waals surface area contributed by atoms with Crippen LogP contribution in [0.3, 0.4) is 0 Å². The first-order valence-electron chi connectivity index (χ1n) is 7.37. The third kappa shape index (κ3) is 3.57. The van der Waals surface area contributed by atoms with Gasteiger partial charge in [-0.2, -0.15) is 0 Å². The molecule has 0 amide bonds.